The molecule has 3 atom stereocenters. The van der Waals surface area contributed by atoms with Gasteiger partial charge in [-0.2, -0.15) is 10.5 Å². The third kappa shape index (κ3) is 12.2. The van der Waals surface area contributed by atoms with E-state index in [1.807, 2.05) is 62.4 Å². The number of benzene rings is 3. The number of hydrogen-bond donors (Lipinski definition) is 4. The van der Waals surface area contributed by atoms with Gasteiger partial charge < -0.3 is 35.4 Å². The van der Waals surface area contributed by atoms with Crippen LogP contribution in [-0.4, -0.2) is 88.7 Å². The maximum Gasteiger partial charge on any atom is 0.251 e. The van der Waals surface area contributed by atoms with Crippen molar-refractivity contribution in [3.8, 4) is 28.3 Å². The summed E-state index contributed by atoms with van der Waals surface area (Å²) in [6, 6.07) is 22.4. The maximum atomic E-state index is 13.8. The highest BCUT2D eigenvalue weighted by Crippen LogP contribution is 2.55. The second-order valence-corrected chi connectivity index (χ2v) is 20.2. The predicted molar refractivity (Wildman–Crippen MR) is 256 cm³/mol. The minimum atomic E-state index is -0.907. The molecule has 14 nitrogen and oxygen atoms in total. The summed E-state index contributed by atoms with van der Waals surface area (Å²) in [5, 5.41) is 38.3. The zero-order valence-corrected chi connectivity index (χ0v) is 40.5. The molecule has 1 saturated heterocycles. The molecule has 2 aliphatic rings. The quantitative estimate of drug-likeness (QED) is 0.0648. The molecular formula is C51H60ClN7O7S. The molecule has 4 N–H and O–H groups in total. The van der Waals surface area contributed by atoms with Crippen LogP contribution >= 0.6 is 22.9 Å². The number of nitrogens with zero attached hydrogens (tertiary/aromatic N) is 4. The van der Waals surface area contributed by atoms with Gasteiger partial charge in [0.1, 0.15) is 42.7 Å². The van der Waals surface area contributed by atoms with Crippen molar-refractivity contribution in [2.75, 3.05) is 19.8 Å². The molecule has 2 fully saturated rings. The number of nitrogens with one attached hydrogen (secondary N) is 3. The largest absolute Gasteiger partial charge is 0.489 e. The summed E-state index contributed by atoms with van der Waals surface area (Å²) in [6.07, 6.45) is 3.47. The van der Waals surface area contributed by atoms with Crippen molar-refractivity contribution in [3.05, 3.63) is 105 Å². The van der Waals surface area contributed by atoms with Gasteiger partial charge in [-0.05, 0) is 66.1 Å². The third-order valence-electron chi connectivity index (χ3n) is 12.9. The Kier molecular flexibility index (Phi) is 16.8. The van der Waals surface area contributed by atoms with E-state index in [0.717, 1.165) is 53.7 Å². The van der Waals surface area contributed by atoms with E-state index in [1.165, 1.54) is 16.2 Å². The summed E-state index contributed by atoms with van der Waals surface area (Å²) >= 11 is 7.61. The van der Waals surface area contributed by atoms with Crippen molar-refractivity contribution < 1.29 is 33.8 Å². The molecule has 1 aliphatic heterocycles. The van der Waals surface area contributed by atoms with Gasteiger partial charge in [0.05, 0.1) is 27.1 Å². The monoisotopic (exact) mass is 949 g/mol. The van der Waals surface area contributed by atoms with Gasteiger partial charge in [0.25, 0.3) is 5.91 Å². The number of aliphatic hydroxyl groups excluding tert-OH is 1. The topological polar surface area (TPSA) is 207 Å². The minimum absolute atomic E-state index is 0.0182. The smallest absolute Gasteiger partial charge is 0.251 e. The SMILES string of the molecule is CC(C)[C@H](NC(=O)COCCCCCCc1ccc(C(=O)NC2C(C)(C)C(Oc3ccc(C#N)c(Cl)c3)C2(C)C)cc1)C(=O)N1C[C@H](O)C[C@H]1C(=O)NCc1ccc(-c2scnc2C#N)cc1. The first-order valence-electron chi connectivity index (χ1n) is 22.8. The number of β-amino-alcohol motifs (C(OH)–C–C–N with tert-alkyl or cyclic N) is 1. The van der Waals surface area contributed by atoms with Crippen molar-refractivity contribution in [2.24, 2.45) is 16.7 Å². The van der Waals surface area contributed by atoms with Gasteiger partial charge in [0.2, 0.25) is 17.7 Å². The number of carbonyl (C=O) groups is 4. The Labute approximate surface area is 402 Å². The van der Waals surface area contributed by atoms with Gasteiger partial charge in [-0.25, -0.2) is 4.98 Å². The van der Waals surface area contributed by atoms with Gasteiger partial charge in [-0.3, -0.25) is 19.2 Å². The minimum Gasteiger partial charge on any atom is -0.489 e. The Hall–Kier alpha value is -5.84. The molecule has 0 bridgehead atoms. The fourth-order valence-corrected chi connectivity index (χ4v) is 10.5. The van der Waals surface area contributed by atoms with E-state index in [9.17, 15) is 34.8 Å². The molecule has 4 aromatic rings. The van der Waals surface area contributed by atoms with Crippen LogP contribution in [0.5, 0.6) is 5.75 Å². The number of halogens is 1. The standard InChI is InChI=1S/C51H60ClN7O7S/c1-31(2)43(47(64)59-28-37(60)23-41(59)46(63)55-27-33-14-16-34(17-15-33)44-40(26-54)56-30-67-44)57-42(61)29-65-22-10-8-7-9-11-32-12-18-35(19-13-32)45(62)58-48-50(3,4)49(51(48,5)6)66-38-21-20-36(25-53)39(52)24-38/h12-21,24,30-31,37,41,43,48-49,60H,7-11,22-23,27-29H2,1-6H3,(H,55,63)(H,57,61)(H,58,62)/t37-,41+,43+,48?,49?/m1/s1. The average molecular weight is 951 g/mol. The number of likely N-dealkylation sites (tertiary alicyclic amines) is 1. The molecule has 0 unspecified atom stereocenters. The van der Waals surface area contributed by atoms with Crippen LogP contribution < -0.4 is 20.7 Å². The second kappa shape index (κ2) is 22.3. The van der Waals surface area contributed by atoms with Crippen LogP contribution in [-0.2, 0) is 32.1 Å². The lowest BCUT2D eigenvalue weighted by molar-refractivity contribution is -0.164. The Bertz CT molecular complexity index is 2460. The number of amides is 4. The summed E-state index contributed by atoms with van der Waals surface area (Å²) < 4.78 is 12.0. The molecule has 3 aromatic carbocycles. The highest BCUT2D eigenvalue weighted by molar-refractivity contribution is 7.13. The van der Waals surface area contributed by atoms with Crippen LogP contribution in [0, 0.1) is 39.4 Å². The summed E-state index contributed by atoms with van der Waals surface area (Å²) in [5.74, 6) is -1.10. The number of aryl methyl sites for hydroxylation is 1. The Balaban J connectivity index is 0.866. The normalized spacial score (nSPS) is 19.7. The Morgan fingerprint density at radius 2 is 1.63 bits per heavy atom. The van der Waals surface area contributed by atoms with Gasteiger partial charge in [-0.1, -0.05) is 102 Å². The van der Waals surface area contributed by atoms with Crippen LogP contribution in [0.15, 0.2) is 72.2 Å². The lowest BCUT2D eigenvalue weighted by atomic mass is 9.49. The fourth-order valence-electron chi connectivity index (χ4n) is 9.51. The first-order valence-corrected chi connectivity index (χ1v) is 24.0. The van der Waals surface area contributed by atoms with E-state index in [-0.39, 0.29) is 60.9 Å². The zero-order valence-electron chi connectivity index (χ0n) is 38.9. The number of aliphatic hydroxyl groups is 1. The molecule has 6 rings (SSSR count). The molecule has 1 saturated carbocycles. The van der Waals surface area contributed by atoms with Gasteiger partial charge in [0.15, 0.2) is 5.69 Å². The number of aromatic nitrogens is 1. The van der Waals surface area contributed by atoms with E-state index < -0.39 is 35.9 Å². The Morgan fingerprint density at radius 1 is 0.940 bits per heavy atom. The number of rotatable bonds is 20. The highest BCUT2D eigenvalue weighted by Gasteiger charge is 2.64. The average Bonchev–Trinajstić information content (AvgIpc) is 3.96. The molecular weight excluding hydrogens is 890 g/mol. The van der Waals surface area contributed by atoms with E-state index in [0.29, 0.717) is 34.2 Å². The summed E-state index contributed by atoms with van der Waals surface area (Å²) in [4.78, 5) is 59.6. The van der Waals surface area contributed by atoms with Crippen LogP contribution in [0.25, 0.3) is 10.4 Å². The number of nitriles is 2. The number of hydrogen-bond acceptors (Lipinski definition) is 11. The van der Waals surface area contributed by atoms with Gasteiger partial charge >= 0.3 is 0 Å². The Morgan fingerprint density at radius 3 is 2.28 bits per heavy atom. The number of unbranched alkanes of at least 4 members (excludes halogenated alkanes) is 3. The van der Waals surface area contributed by atoms with Gasteiger partial charge in [-0.15, -0.1) is 11.3 Å². The summed E-state index contributed by atoms with van der Waals surface area (Å²) in [5.41, 5.74) is 5.04. The second-order valence-electron chi connectivity index (χ2n) is 19.0. The van der Waals surface area contributed by atoms with Crippen LogP contribution in [0.4, 0.5) is 0 Å². The van der Waals surface area contributed by atoms with Crippen molar-refractivity contribution in [2.45, 2.75) is 117 Å². The molecule has 16 heteroatoms. The van der Waals surface area contributed by atoms with E-state index in [4.69, 9.17) is 21.1 Å². The van der Waals surface area contributed by atoms with Gasteiger partial charge in [0, 0.05) is 54.6 Å². The molecule has 1 aromatic heterocycles. The van der Waals surface area contributed by atoms with Crippen molar-refractivity contribution in [1.29, 1.82) is 10.5 Å². The summed E-state index contributed by atoms with van der Waals surface area (Å²) in [7, 11) is 0. The zero-order chi connectivity index (χ0) is 48.5. The van der Waals surface area contributed by atoms with E-state index >= 15 is 0 Å². The lowest BCUT2D eigenvalue weighted by Crippen LogP contribution is -2.74. The lowest BCUT2D eigenvalue weighted by Gasteiger charge is -2.63. The molecule has 4 amide bonds. The van der Waals surface area contributed by atoms with E-state index in [1.54, 1.807) is 23.7 Å². The number of thiazole rings is 1. The molecule has 0 radical (unpaired) electrons. The molecule has 0 spiro atoms. The fraction of sp³-hybridized carbons (Fsp3) is 0.471. The first kappa shape index (κ1) is 50.6. The van der Waals surface area contributed by atoms with E-state index in [2.05, 4.69) is 60.8 Å². The highest BCUT2D eigenvalue weighted by atomic mass is 35.5. The van der Waals surface area contributed by atoms with Crippen LogP contribution in [0.3, 0.4) is 0 Å². The predicted octanol–water partition coefficient (Wildman–Crippen LogP) is 7.36. The van der Waals surface area contributed by atoms with Crippen molar-refractivity contribution in [1.82, 2.24) is 25.8 Å². The number of ether oxygens (including phenoxy) is 2. The summed E-state index contributed by atoms with van der Waals surface area (Å²) in [6.45, 7) is 12.3. The molecule has 1 aliphatic carbocycles. The molecule has 67 heavy (non-hydrogen) atoms. The maximum absolute atomic E-state index is 13.8. The van der Waals surface area contributed by atoms with Crippen LogP contribution in [0.2, 0.25) is 5.02 Å². The van der Waals surface area contributed by atoms with Crippen LogP contribution in [0.1, 0.15) is 106 Å². The number of carbonyl (C=O) groups excluding carboxylic acids is 4. The first-order chi connectivity index (χ1) is 31.9. The molecule has 354 valence electrons. The van der Waals surface area contributed by atoms with Crippen molar-refractivity contribution >= 4 is 46.6 Å². The third-order valence-corrected chi connectivity index (χ3v) is 14.0. The molecule has 2 heterocycles. The van der Waals surface area contributed by atoms with Crippen molar-refractivity contribution in [3.63, 3.8) is 0 Å².